The van der Waals surface area contributed by atoms with Gasteiger partial charge in [0.2, 0.25) is 0 Å². The van der Waals surface area contributed by atoms with E-state index in [1.165, 1.54) is 12.3 Å². The van der Waals surface area contributed by atoms with E-state index in [1.807, 2.05) is 0 Å². The van der Waals surface area contributed by atoms with Gasteiger partial charge in [0.1, 0.15) is 12.3 Å². The van der Waals surface area contributed by atoms with Gasteiger partial charge < -0.3 is 20.1 Å². The van der Waals surface area contributed by atoms with Gasteiger partial charge in [-0.2, -0.15) is 0 Å². The molecule has 2 rings (SSSR count). The average Bonchev–Trinajstić information content (AvgIpc) is 2.68. The molecule has 0 aromatic carbocycles. The zero-order valence-corrected chi connectivity index (χ0v) is 10.1. The highest BCUT2D eigenvalue weighted by Crippen LogP contribution is 2.35. The van der Waals surface area contributed by atoms with Crippen molar-refractivity contribution in [1.29, 1.82) is 0 Å². The van der Waals surface area contributed by atoms with Crippen LogP contribution in [-0.4, -0.2) is 50.3 Å². The lowest BCUT2D eigenvalue weighted by atomic mass is 9.96. The van der Waals surface area contributed by atoms with Gasteiger partial charge in [0.05, 0.1) is 12.7 Å². The molecule has 0 aliphatic carbocycles. The van der Waals surface area contributed by atoms with Gasteiger partial charge >= 0.3 is 5.69 Å². The lowest BCUT2D eigenvalue weighted by molar-refractivity contribution is -0.0486. The van der Waals surface area contributed by atoms with Crippen LogP contribution in [0.4, 0.5) is 0 Å². The molecule has 1 fully saturated rings. The van der Waals surface area contributed by atoms with Crippen LogP contribution in [0.2, 0.25) is 0 Å². The molecule has 0 spiro atoms. The first-order valence-electron chi connectivity index (χ1n) is 5.95. The van der Waals surface area contributed by atoms with Crippen molar-refractivity contribution in [2.24, 2.45) is 5.92 Å². The highest BCUT2D eigenvalue weighted by atomic mass is 16.5. The largest absolute Gasteiger partial charge is 0.396 e. The summed E-state index contributed by atoms with van der Waals surface area (Å²) in [4.78, 5) is 24.8. The molecule has 1 aromatic rings. The predicted octanol–water partition coefficient (Wildman–Crippen LogP) is -2.21. The van der Waals surface area contributed by atoms with Crippen LogP contribution in [0.25, 0.3) is 0 Å². The molecule has 4 N–H and O–H groups in total. The lowest BCUT2D eigenvalue weighted by Gasteiger charge is -2.20. The van der Waals surface area contributed by atoms with Gasteiger partial charge in [-0.15, -0.1) is 0 Å². The molecule has 0 radical (unpaired) electrons. The Bertz CT molecular complexity index is 538. The first-order chi connectivity index (χ1) is 9.08. The zero-order chi connectivity index (χ0) is 14.0. The Hall–Kier alpha value is -1.48. The van der Waals surface area contributed by atoms with Gasteiger partial charge in [-0.3, -0.25) is 14.3 Å². The van der Waals surface area contributed by atoms with Crippen molar-refractivity contribution in [1.82, 2.24) is 9.55 Å². The van der Waals surface area contributed by atoms with Gasteiger partial charge in [-0.05, 0) is 6.42 Å². The number of aromatic nitrogens is 2. The van der Waals surface area contributed by atoms with Crippen LogP contribution in [0.15, 0.2) is 21.9 Å². The van der Waals surface area contributed by atoms with Crippen LogP contribution in [0, 0.1) is 5.92 Å². The summed E-state index contributed by atoms with van der Waals surface area (Å²) in [5.41, 5.74) is -1.19. The number of hydrogen-bond donors (Lipinski definition) is 4. The number of hydrogen-bond acceptors (Lipinski definition) is 6. The van der Waals surface area contributed by atoms with Crippen molar-refractivity contribution in [3.63, 3.8) is 0 Å². The van der Waals surface area contributed by atoms with Gasteiger partial charge in [-0.1, -0.05) is 0 Å². The smallest absolute Gasteiger partial charge is 0.330 e. The number of rotatable bonds is 4. The second-order valence-electron chi connectivity index (χ2n) is 4.43. The normalized spacial score (nSPS) is 30.7. The monoisotopic (exact) mass is 272 g/mol. The summed E-state index contributed by atoms with van der Waals surface area (Å²) in [6, 6.07) is 1.17. The molecule has 8 heteroatoms. The summed E-state index contributed by atoms with van der Waals surface area (Å²) in [6.07, 6.45) is -1.15. The molecule has 0 saturated carbocycles. The van der Waals surface area contributed by atoms with Gasteiger partial charge in [0.15, 0.2) is 0 Å². The van der Waals surface area contributed by atoms with Crippen molar-refractivity contribution in [2.75, 3.05) is 13.2 Å². The third kappa shape index (κ3) is 2.61. The Morgan fingerprint density at radius 2 is 2.11 bits per heavy atom. The maximum Gasteiger partial charge on any atom is 0.330 e. The number of H-pyrrole nitrogens is 1. The Balaban J connectivity index is 2.36. The molecular weight excluding hydrogens is 256 g/mol. The molecule has 8 nitrogen and oxygen atoms in total. The van der Waals surface area contributed by atoms with E-state index in [1.54, 1.807) is 0 Å². The van der Waals surface area contributed by atoms with Crippen molar-refractivity contribution in [2.45, 2.75) is 24.9 Å². The first-order valence-corrected chi connectivity index (χ1v) is 5.95. The van der Waals surface area contributed by atoms with Crippen LogP contribution in [-0.2, 0) is 4.74 Å². The Morgan fingerprint density at radius 1 is 1.37 bits per heavy atom. The molecule has 1 unspecified atom stereocenters. The second kappa shape index (κ2) is 5.66. The van der Waals surface area contributed by atoms with Crippen LogP contribution < -0.4 is 11.2 Å². The van der Waals surface area contributed by atoms with E-state index in [0.717, 1.165) is 4.57 Å². The third-order valence-electron chi connectivity index (χ3n) is 3.27. The van der Waals surface area contributed by atoms with Gasteiger partial charge in [-0.25, -0.2) is 4.79 Å². The van der Waals surface area contributed by atoms with Crippen LogP contribution in [0.1, 0.15) is 12.6 Å². The molecule has 4 atom stereocenters. The van der Waals surface area contributed by atoms with E-state index < -0.39 is 42.2 Å². The number of nitrogens with one attached hydrogen (secondary N) is 1. The maximum absolute atomic E-state index is 11.7. The van der Waals surface area contributed by atoms with Crippen LogP contribution in [0.3, 0.4) is 0 Å². The number of aliphatic hydroxyl groups is 3. The molecule has 1 aliphatic rings. The third-order valence-corrected chi connectivity index (χ3v) is 3.27. The molecule has 1 saturated heterocycles. The quantitative estimate of drug-likeness (QED) is 0.492. The van der Waals surface area contributed by atoms with E-state index in [9.17, 15) is 14.7 Å². The molecule has 19 heavy (non-hydrogen) atoms. The summed E-state index contributed by atoms with van der Waals surface area (Å²) in [5, 5.41) is 28.1. The summed E-state index contributed by atoms with van der Waals surface area (Å²) >= 11 is 0. The SMILES string of the molecule is O=c1ccn([C@@H]2O[C@H](CO)[C@@H](O)C2CCO)c(=O)[nH]1. The first kappa shape index (κ1) is 13.9. The Morgan fingerprint density at radius 3 is 2.68 bits per heavy atom. The molecule has 0 amide bonds. The minimum atomic E-state index is -0.985. The summed E-state index contributed by atoms with van der Waals surface area (Å²) in [7, 11) is 0. The second-order valence-corrected chi connectivity index (χ2v) is 4.43. The minimum Gasteiger partial charge on any atom is -0.396 e. The highest BCUT2D eigenvalue weighted by Gasteiger charge is 2.44. The maximum atomic E-state index is 11.7. The minimum absolute atomic E-state index is 0.183. The standard InChI is InChI=1S/C11H16N2O6/c14-4-2-6-9(17)7(5-15)19-10(6)13-3-1-8(16)12-11(13)18/h1,3,6-7,9-10,14-15,17H,2,4-5H2,(H,12,16,18)/t6?,7-,9+,10-/m1/s1. The topological polar surface area (TPSA) is 125 Å². The number of nitrogens with zero attached hydrogens (tertiary/aromatic N) is 1. The van der Waals surface area contributed by atoms with Gasteiger partial charge in [0.25, 0.3) is 5.56 Å². The van der Waals surface area contributed by atoms with Crippen molar-refractivity contribution in [3.05, 3.63) is 33.1 Å². The van der Waals surface area contributed by atoms with Crippen LogP contribution >= 0.6 is 0 Å². The number of aliphatic hydroxyl groups excluding tert-OH is 3. The summed E-state index contributed by atoms with van der Waals surface area (Å²) < 4.78 is 6.56. The van der Waals surface area contributed by atoms with E-state index in [0.29, 0.717) is 0 Å². The van der Waals surface area contributed by atoms with E-state index >= 15 is 0 Å². The fraction of sp³-hybridized carbons (Fsp3) is 0.636. The predicted molar refractivity (Wildman–Crippen MR) is 63.5 cm³/mol. The molecule has 0 bridgehead atoms. The molecule has 1 aliphatic heterocycles. The van der Waals surface area contributed by atoms with E-state index in [4.69, 9.17) is 14.9 Å². The summed E-state index contributed by atoms with van der Waals surface area (Å²) in [5.74, 6) is -0.536. The van der Waals surface area contributed by atoms with Crippen molar-refractivity contribution in [3.8, 4) is 0 Å². The molecule has 106 valence electrons. The van der Waals surface area contributed by atoms with E-state index in [-0.39, 0.29) is 13.0 Å². The fourth-order valence-corrected chi connectivity index (χ4v) is 2.32. The number of aromatic amines is 1. The molecule has 1 aromatic heterocycles. The van der Waals surface area contributed by atoms with Crippen molar-refractivity contribution >= 4 is 0 Å². The van der Waals surface area contributed by atoms with Gasteiger partial charge in [0, 0.05) is 24.8 Å². The average molecular weight is 272 g/mol. The van der Waals surface area contributed by atoms with Crippen molar-refractivity contribution < 1.29 is 20.1 Å². The summed E-state index contributed by atoms with van der Waals surface area (Å²) in [6.45, 7) is -0.574. The molecular formula is C11H16N2O6. The fourth-order valence-electron chi connectivity index (χ4n) is 2.32. The number of ether oxygens (including phenoxy) is 1. The van der Waals surface area contributed by atoms with E-state index in [2.05, 4.69) is 4.98 Å². The molecule has 2 heterocycles. The Labute approximate surface area is 107 Å². The zero-order valence-electron chi connectivity index (χ0n) is 10.1. The van der Waals surface area contributed by atoms with Crippen LogP contribution in [0.5, 0.6) is 0 Å². The lowest BCUT2D eigenvalue weighted by Crippen LogP contribution is -2.35. The Kier molecular flexibility index (Phi) is 4.15. The highest BCUT2D eigenvalue weighted by molar-refractivity contribution is 4.92.